The van der Waals surface area contributed by atoms with Crippen molar-refractivity contribution >= 4 is 24.0 Å². The number of nitrogens with one attached hydrogen (secondary N) is 1. The van der Waals surface area contributed by atoms with Gasteiger partial charge in [0.25, 0.3) is 0 Å². The monoisotopic (exact) mass is 201 g/mol. The second-order valence-electron chi connectivity index (χ2n) is 2.96. The highest BCUT2D eigenvalue weighted by Crippen LogP contribution is 2.28. The van der Waals surface area contributed by atoms with Crippen molar-refractivity contribution in [1.29, 1.82) is 0 Å². The van der Waals surface area contributed by atoms with E-state index in [1.54, 1.807) is 0 Å². The van der Waals surface area contributed by atoms with Crippen molar-refractivity contribution in [2.75, 3.05) is 11.5 Å². The molecular formula is C7H11N3S2. The maximum Gasteiger partial charge on any atom is 0.195 e. The Morgan fingerprint density at radius 2 is 2.58 bits per heavy atom. The van der Waals surface area contributed by atoms with Crippen LogP contribution in [0.25, 0.3) is 0 Å². The van der Waals surface area contributed by atoms with Crippen LogP contribution in [0, 0.1) is 11.7 Å². The smallest absolute Gasteiger partial charge is 0.195 e. The van der Waals surface area contributed by atoms with E-state index >= 15 is 0 Å². The number of aromatic nitrogens is 3. The molecule has 66 valence electrons. The molecule has 0 spiro atoms. The van der Waals surface area contributed by atoms with Gasteiger partial charge in [-0.2, -0.15) is 16.9 Å². The summed E-state index contributed by atoms with van der Waals surface area (Å²) in [4.78, 5) is 0. The summed E-state index contributed by atoms with van der Waals surface area (Å²) in [6, 6.07) is 0.571. The summed E-state index contributed by atoms with van der Waals surface area (Å²) in [5, 5.41) is 6.92. The van der Waals surface area contributed by atoms with Crippen LogP contribution in [0.4, 0.5) is 0 Å². The Bertz CT molecular complexity index is 322. The number of aryl methyl sites for hydroxylation is 1. The Labute approximate surface area is 80.6 Å². The second kappa shape index (κ2) is 3.22. The Hall–Kier alpha value is -0.290. The van der Waals surface area contributed by atoms with Crippen LogP contribution < -0.4 is 0 Å². The van der Waals surface area contributed by atoms with Crippen LogP contribution in [0.1, 0.15) is 18.3 Å². The van der Waals surface area contributed by atoms with Gasteiger partial charge in [0.1, 0.15) is 5.82 Å². The molecule has 1 aromatic rings. The van der Waals surface area contributed by atoms with Gasteiger partial charge in [-0.25, -0.2) is 0 Å². The fourth-order valence-electron chi connectivity index (χ4n) is 1.54. The minimum absolute atomic E-state index is 0.571. The highest BCUT2D eigenvalue weighted by Gasteiger charge is 2.19. The van der Waals surface area contributed by atoms with Crippen molar-refractivity contribution in [3.05, 3.63) is 10.6 Å². The van der Waals surface area contributed by atoms with Crippen molar-refractivity contribution in [2.24, 2.45) is 0 Å². The molecule has 0 saturated carbocycles. The lowest BCUT2D eigenvalue weighted by Gasteiger charge is -2.10. The summed E-state index contributed by atoms with van der Waals surface area (Å²) in [6.45, 7) is 2.00. The molecule has 1 fully saturated rings. The number of hydrogen-bond acceptors (Lipinski definition) is 3. The number of H-pyrrole nitrogens is 1. The van der Waals surface area contributed by atoms with Crippen LogP contribution in [0.5, 0.6) is 0 Å². The lowest BCUT2D eigenvalue weighted by Crippen LogP contribution is -2.09. The zero-order valence-electron chi connectivity index (χ0n) is 6.91. The normalized spacial score (nSPS) is 23.2. The zero-order valence-corrected chi connectivity index (χ0v) is 8.54. The van der Waals surface area contributed by atoms with Crippen molar-refractivity contribution in [2.45, 2.75) is 19.4 Å². The molecule has 1 N–H and O–H groups in total. The predicted molar refractivity (Wildman–Crippen MR) is 53.1 cm³/mol. The fraction of sp³-hybridized carbons (Fsp3) is 0.714. The van der Waals surface area contributed by atoms with Gasteiger partial charge in [-0.15, -0.1) is 0 Å². The highest BCUT2D eigenvalue weighted by molar-refractivity contribution is 7.99. The third-order valence-electron chi connectivity index (χ3n) is 2.15. The summed E-state index contributed by atoms with van der Waals surface area (Å²) in [5.74, 6) is 3.43. The van der Waals surface area contributed by atoms with Crippen molar-refractivity contribution in [1.82, 2.24) is 14.8 Å². The van der Waals surface area contributed by atoms with E-state index in [-0.39, 0.29) is 0 Å². The lowest BCUT2D eigenvalue weighted by atomic mass is 10.2. The van der Waals surface area contributed by atoms with Crippen LogP contribution in [-0.4, -0.2) is 26.3 Å². The average molecular weight is 201 g/mol. The molecule has 3 nitrogen and oxygen atoms in total. The van der Waals surface area contributed by atoms with Gasteiger partial charge in [0.2, 0.25) is 0 Å². The number of thioether (sulfide) groups is 1. The number of aromatic amines is 1. The van der Waals surface area contributed by atoms with Gasteiger partial charge in [0, 0.05) is 11.8 Å². The molecule has 0 radical (unpaired) electrons. The zero-order chi connectivity index (χ0) is 8.55. The van der Waals surface area contributed by atoms with E-state index in [9.17, 15) is 0 Å². The van der Waals surface area contributed by atoms with E-state index in [0.717, 1.165) is 10.6 Å². The van der Waals surface area contributed by atoms with E-state index in [4.69, 9.17) is 12.2 Å². The molecule has 0 aliphatic carbocycles. The summed E-state index contributed by atoms with van der Waals surface area (Å²) >= 11 is 7.13. The van der Waals surface area contributed by atoms with Gasteiger partial charge in [-0.1, -0.05) is 0 Å². The number of hydrogen-bond donors (Lipinski definition) is 1. The van der Waals surface area contributed by atoms with Crippen LogP contribution >= 0.6 is 24.0 Å². The molecule has 1 unspecified atom stereocenters. The Balaban J connectivity index is 2.37. The summed E-state index contributed by atoms with van der Waals surface area (Å²) in [5.41, 5.74) is 0. The van der Waals surface area contributed by atoms with E-state index in [1.165, 1.54) is 17.9 Å². The Morgan fingerprint density at radius 3 is 3.08 bits per heavy atom. The van der Waals surface area contributed by atoms with Gasteiger partial charge in [-0.3, -0.25) is 5.10 Å². The first-order chi connectivity index (χ1) is 5.79. The SMILES string of the molecule is Cc1n[nH]c(=S)n1C1CCSC1. The Kier molecular flexibility index (Phi) is 2.23. The largest absolute Gasteiger partial charge is 0.300 e. The third-order valence-corrected chi connectivity index (χ3v) is 3.58. The third kappa shape index (κ3) is 1.31. The van der Waals surface area contributed by atoms with E-state index < -0.39 is 0 Å². The molecule has 1 saturated heterocycles. The predicted octanol–water partition coefficient (Wildman–Crippen LogP) is 1.93. The first-order valence-corrected chi connectivity index (χ1v) is 5.56. The van der Waals surface area contributed by atoms with E-state index in [1.807, 2.05) is 18.7 Å². The van der Waals surface area contributed by atoms with Gasteiger partial charge >= 0.3 is 0 Å². The molecule has 12 heavy (non-hydrogen) atoms. The summed E-state index contributed by atoms with van der Waals surface area (Å²) < 4.78 is 2.90. The molecule has 0 amide bonds. The van der Waals surface area contributed by atoms with Crippen LogP contribution in [0.2, 0.25) is 0 Å². The molecular weight excluding hydrogens is 190 g/mol. The van der Waals surface area contributed by atoms with Crippen LogP contribution in [-0.2, 0) is 0 Å². The standard InChI is InChI=1S/C7H11N3S2/c1-5-8-9-7(11)10(5)6-2-3-12-4-6/h6H,2-4H2,1H3,(H,9,11). The van der Waals surface area contributed by atoms with Gasteiger partial charge in [0.15, 0.2) is 4.77 Å². The first-order valence-electron chi connectivity index (χ1n) is 4.00. The first kappa shape index (κ1) is 8.31. The summed E-state index contributed by atoms with van der Waals surface area (Å²) in [6.07, 6.45) is 1.22. The van der Waals surface area contributed by atoms with Crippen molar-refractivity contribution in [3.63, 3.8) is 0 Å². The van der Waals surface area contributed by atoms with Gasteiger partial charge < -0.3 is 4.57 Å². The average Bonchev–Trinajstić information content (AvgIpc) is 2.61. The number of rotatable bonds is 1. The van der Waals surface area contributed by atoms with Gasteiger partial charge in [0.05, 0.1) is 0 Å². The van der Waals surface area contributed by atoms with Crippen LogP contribution in [0.3, 0.4) is 0 Å². The molecule has 1 aliphatic rings. The van der Waals surface area contributed by atoms with Crippen molar-refractivity contribution < 1.29 is 0 Å². The molecule has 5 heteroatoms. The fourth-order valence-corrected chi connectivity index (χ4v) is 3.06. The maximum atomic E-state index is 5.15. The molecule has 1 aromatic heterocycles. The molecule has 0 bridgehead atoms. The minimum atomic E-state index is 0.571. The van der Waals surface area contributed by atoms with E-state index in [0.29, 0.717) is 6.04 Å². The molecule has 1 aliphatic heterocycles. The molecule has 1 atom stereocenters. The quantitative estimate of drug-likeness (QED) is 0.705. The minimum Gasteiger partial charge on any atom is -0.300 e. The van der Waals surface area contributed by atoms with E-state index in [2.05, 4.69) is 14.8 Å². The van der Waals surface area contributed by atoms with Gasteiger partial charge in [-0.05, 0) is 31.3 Å². The molecule has 2 heterocycles. The second-order valence-corrected chi connectivity index (χ2v) is 4.50. The van der Waals surface area contributed by atoms with Crippen LogP contribution in [0.15, 0.2) is 0 Å². The Morgan fingerprint density at radius 1 is 1.75 bits per heavy atom. The lowest BCUT2D eigenvalue weighted by molar-refractivity contribution is 0.539. The topological polar surface area (TPSA) is 33.6 Å². The van der Waals surface area contributed by atoms with Crippen molar-refractivity contribution in [3.8, 4) is 0 Å². The number of nitrogens with zero attached hydrogens (tertiary/aromatic N) is 2. The maximum absolute atomic E-state index is 5.15. The molecule has 2 rings (SSSR count). The summed E-state index contributed by atoms with van der Waals surface area (Å²) in [7, 11) is 0. The highest BCUT2D eigenvalue weighted by atomic mass is 32.2. The molecule has 0 aromatic carbocycles.